The molecule has 0 aliphatic heterocycles. The van der Waals surface area contributed by atoms with E-state index in [0.29, 0.717) is 0 Å². The van der Waals surface area contributed by atoms with Crippen LogP contribution in [0.2, 0.25) is 0 Å². The van der Waals surface area contributed by atoms with Gasteiger partial charge in [-0.3, -0.25) is 4.98 Å². The largest absolute Gasteiger partial charge is 0.389 e. The van der Waals surface area contributed by atoms with E-state index in [1.54, 1.807) is 37.3 Å². The molecule has 0 unspecified atom stereocenters. The van der Waals surface area contributed by atoms with E-state index in [9.17, 15) is 5.11 Å². The van der Waals surface area contributed by atoms with Crippen LogP contribution < -0.4 is 0 Å². The van der Waals surface area contributed by atoms with E-state index < -0.39 is 6.10 Å². The average Bonchev–Trinajstić information content (AvgIpc) is 2.30. The highest BCUT2D eigenvalue weighted by Gasteiger charge is 2.03. The number of pyridine rings is 2. The Morgan fingerprint density at radius 1 is 1.19 bits per heavy atom. The van der Waals surface area contributed by atoms with Crippen LogP contribution in [0.3, 0.4) is 0 Å². The van der Waals surface area contributed by atoms with Crippen molar-refractivity contribution in [1.82, 2.24) is 9.97 Å². The number of aromatic nitrogens is 2. The Labute approximate surface area is 98.6 Å². The minimum Gasteiger partial charge on any atom is -0.389 e. The molecule has 0 saturated heterocycles. The Bertz CT molecular complexity index is 460. The van der Waals surface area contributed by atoms with Gasteiger partial charge in [0.1, 0.15) is 5.03 Å². The third-order valence-corrected chi connectivity index (χ3v) is 3.05. The normalized spacial score (nSPS) is 12.4. The molecule has 3 nitrogen and oxygen atoms in total. The van der Waals surface area contributed by atoms with E-state index in [4.69, 9.17) is 0 Å². The average molecular weight is 232 g/mol. The summed E-state index contributed by atoms with van der Waals surface area (Å²) >= 11 is 1.56. The lowest BCUT2D eigenvalue weighted by atomic mass is 10.2. The molecule has 82 valence electrons. The molecule has 2 rings (SSSR count). The zero-order valence-corrected chi connectivity index (χ0v) is 9.69. The molecule has 16 heavy (non-hydrogen) atoms. The van der Waals surface area contributed by atoms with Gasteiger partial charge in [-0.15, -0.1) is 0 Å². The fraction of sp³-hybridized carbons (Fsp3) is 0.167. The number of nitrogens with zero attached hydrogens (tertiary/aromatic N) is 2. The highest BCUT2D eigenvalue weighted by atomic mass is 32.2. The summed E-state index contributed by atoms with van der Waals surface area (Å²) in [6.45, 7) is 1.75. The van der Waals surface area contributed by atoms with Gasteiger partial charge >= 0.3 is 0 Å². The summed E-state index contributed by atoms with van der Waals surface area (Å²) in [6, 6.07) is 7.58. The van der Waals surface area contributed by atoms with Crippen molar-refractivity contribution in [2.45, 2.75) is 22.9 Å². The zero-order chi connectivity index (χ0) is 11.4. The first kappa shape index (κ1) is 11.1. The molecule has 0 bridgehead atoms. The summed E-state index contributed by atoms with van der Waals surface area (Å²) in [7, 11) is 0. The monoisotopic (exact) mass is 232 g/mol. The van der Waals surface area contributed by atoms with Gasteiger partial charge in [0.2, 0.25) is 0 Å². The molecular formula is C12H12N2OS. The summed E-state index contributed by atoms with van der Waals surface area (Å²) in [5, 5.41) is 10.3. The van der Waals surface area contributed by atoms with Crippen LogP contribution in [-0.2, 0) is 0 Å². The summed E-state index contributed by atoms with van der Waals surface area (Å²) in [5.74, 6) is 0. The summed E-state index contributed by atoms with van der Waals surface area (Å²) in [5.41, 5.74) is 0.881. The lowest BCUT2D eigenvalue weighted by Gasteiger charge is -2.06. The molecule has 0 amide bonds. The van der Waals surface area contributed by atoms with Gasteiger partial charge in [0, 0.05) is 23.5 Å². The van der Waals surface area contributed by atoms with Crippen molar-refractivity contribution in [2.75, 3.05) is 0 Å². The van der Waals surface area contributed by atoms with Crippen molar-refractivity contribution in [3.8, 4) is 0 Å². The van der Waals surface area contributed by atoms with Gasteiger partial charge in [0.25, 0.3) is 0 Å². The standard InChI is InChI=1S/C12H12N2OS/c1-9(15)10-2-7-14-12(8-10)16-11-3-5-13-6-4-11/h2-9,15H,1H3/t9-/m1/s1. The lowest BCUT2D eigenvalue weighted by molar-refractivity contribution is 0.199. The quantitative estimate of drug-likeness (QED) is 0.883. The van der Waals surface area contributed by atoms with Gasteiger partial charge in [-0.1, -0.05) is 11.8 Å². The van der Waals surface area contributed by atoms with Gasteiger partial charge < -0.3 is 5.11 Å². The smallest absolute Gasteiger partial charge is 0.101 e. The number of hydrogen-bond acceptors (Lipinski definition) is 4. The first-order valence-corrected chi connectivity index (χ1v) is 5.79. The summed E-state index contributed by atoms with van der Waals surface area (Å²) in [4.78, 5) is 9.30. The molecule has 2 aromatic heterocycles. The van der Waals surface area contributed by atoms with Crippen molar-refractivity contribution in [3.63, 3.8) is 0 Å². The fourth-order valence-corrected chi connectivity index (χ4v) is 2.08. The summed E-state index contributed by atoms with van der Waals surface area (Å²) < 4.78 is 0. The van der Waals surface area contributed by atoms with Crippen LogP contribution in [0.25, 0.3) is 0 Å². The molecular weight excluding hydrogens is 220 g/mol. The van der Waals surface area contributed by atoms with Crippen LogP contribution in [0.15, 0.2) is 52.8 Å². The molecule has 0 radical (unpaired) electrons. The highest BCUT2D eigenvalue weighted by Crippen LogP contribution is 2.26. The van der Waals surface area contributed by atoms with E-state index in [2.05, 4.69) is 9.97 Å². The third kappa shape index (κ3) is 2.81. The Kier molecular flexibility index (Phi) is 3.54. The van der Waals surface area contributed by atoms with E-state index >= 15 is 0 Å². The molecule has 0 spiro atoms. The first-order chi connectivity index (χ1) is 7.75. The van der Waals surface area contributed by atoms with Gasteiger partial charge in [-0.25, -0.2) is 4.98 Å². The van der Waals surface area contributed by atoms with Crippen LogP contribution in [-0.4, -0.2) is 15.1 Å². The molecule has 4 heteroatoms. The van der Waals surface area contributed by atoms with E-state index in [0.717, 1.165) is 15.5 Å². The molecule has 2 heterocycles. The minimum absolute atomic E-state index is 0.459. The van der Waals surface area contributed by atoms with Crippen molar-refractivity contribution >= 4 is 11.8 Å². The predicted octanol–water partition coefficient (Wildman–Crippen LogP) is 2.68. The van der Waals surface area contributed by atoms with E-state index in [1.165, 1.54) is 0 Å². The minimum atomic E-state index is -0.459. The second kappa shape index (κ2) is 5.09. The van der Waals surface area contributed by atoms with E-state index in [1.807, 2.05) is 24.3 Å². The maximum absolute atomic E-state index is 9.47. The van der Waals surface area contributed by atoms with Crippen molar-refractivity contribution in [1.29, 1.82) is 0 Å². The molecule has 1 atom stereocenters. The van der Waals surface area contributed by atoms with Crippen LogP contribution in [0.1, 0.15) is 18.6 Å². The lowest BCUT2D eigenvalue weighted by Crippen LogP contribution is -1.92. The fourth-order valence-electron chi connectivity index (χ4n) is 1.27. The molecule has 1 N–H and O–H groups in total. The Hall–Kier alpha value is -1.39. The van der Waals surface area contributed by atoms with Crippen molar-refractivity contribution in [2.24, 2.45) is 0 Å². The number of rotatable bonds is 3. The van der Waals surface area contributed by atoms with Gasteiger partial charge in [0.15, 0.2) is 0 Å². The van der Waals surface area contributed by atoms with Crippen LogP contribution in [0.5, 0.6) is 0 Å². The van der Waals surface area contributed by atoms with Crippen molar-refractivity contribution < 1.29 is 5.11 Å². The Balaban J connectivity index is 2.19. The summed E-state index contributed by atoms with van der Waals surface area (Å²) in [6.07, 6.45) is 4.76. The van der Waals surface area contributed by atoms with Crippen molar-refractivity contribution in [3.05, 3.63) is 48.4 Å². The molecule has 2 aromatic rings. The second-order valence-corrected chi connectivity index (χ2v) is 4.48. The van der Waals surface area contributed by atoms with Crippen LogP contribution >= 0.6 is 11.8 Å². The van der Waals surface area contributed by atoms with Crippen LogP contribution in [0, 0.1) is 0 Å². The SMILES string of the molecule is C[C@@H](O)c1ccnc(Sc2ccncc2)c1. The molecule has 0 aliphatic carbocycles. The molecule has 0 aliphatic rings. The number of hydrogen-bond donors (Lipinski definition) is 1. The zero-order valence-electron chi connectivity index (χ0n) is 8.87. The Morgan fingerprint density at radius 2 is 1.94 bits per heavy atom. The van der Waals surface area contributed by atoms with E-state index in [-0.39, 0.29) is 0 Å². The molecule has 0 saturated carbocycles. The maximum atomic E-state index is 9.47. The molecule has 0 aromatic carbocycles. The molecule has 0 fully saturated rings. The van der Waals surface area contributed by atoms with Gasteiger partial charge in [-0.2, -0.15) is 0 Å². The maximum Gasteiger partial charge on any atom is 0.101 e. The number of aliphatic hydroxyl groups excluding tert-OH is 1. The van der Waals surface area contributed by atoms with Crippen LogP contribution in [0.4, 0.5) is 0 Å². The first-order valence-electron chi connectivity index (χ1n) is 4.97. The Morgan fingerprint density at radius 3 is 2.62 bits per heavy atom. The highest BCUT2D eigenvalue weighted by molar-refractivity contribution is 7.99. The number of aliphatic hydroxyl groups is 1. The van der Waals surface area contributed by atoms with Gasteiger partial charge in [-0.05, 0) is 36.8 Å². The third-order valence-electron chi connectivity index (χ3n) is 2.11. The van der Waals surface area contributed by atoms with Gasteiger partial charge in [0.05, 0.1) is 6.10 Å². The predicted molar refractivity (Wildman–Crippen MR) is 63.2 cm³/mol. The topological polar surface area (TPSA) is 46.0 Å². The second-order valence-electron chi connectivity index (χ2n) is 3.39.